The predicted octanol–water partition coefficient (Wildman–Crippen LogP) is 3.71. The van der Waals surface area contributed by atoms with Crippen LogP contribution in [0.1, 0.15) is 44.7 Å². The van der Waals surface area contributed by atoms with Gasteiger partial charge < -0.3 is 10.1 Å². The summed E-state index contributed by atoms with van der Waals surface area (Å²) in [5, 5.41) is 3.63. The van der Waals surface area contributed by atoms with Crippen molar-refractivity contribution in [2.24, 2.45) is 0 Å². The first-order valence-electron chi connectivity index (χ1n) is 7.59. The second-order valence-corrected chi connectivity index (χ2v) is 6.53. The second kappa shape index (κ2) is 7.53. The minimum absolute atomic E-state index is 0.0248. The van der Waals surface area contributed by atoms with Gasteiger partial charge in [0.1, 0.15) is 0 Å². The first-order valence-corrected chi connectivity index (χ1v) is 8.38. The van der Waals surface area contributed by atoms with Crippen molar-refractivity contribution in [3.8, 4) is 0 Å². The van der Waals surface area contributed by atoms with Gasteiger partial charge in [0.15, 0.2) is 0 Å². The van der Waals surface area contributed by atoms with Crippen LogP contribution in [0, 0.1) is 0 Å². The van der Waals surface area contributed by atoms with Crippen molar-refractivity contribution in [1.82, 2.24) is 10.3 Å². The molecule has 20 heavy (non-hydrogen) atoms. The fourth-order valence-corrected chi connectivity index (χ4v) is 3.51. The molecule has 0 aliphatic heterocycles. The van der Waals surface area contributed by atoms with Crippen LogP contribution in [0.4, 0.5) is 0 Å². The summed E-state index contributed by atoms with van der Waals surface area (Å²) in [6.07, 6.45) is 8.97. The lowest BCUT2D eigenvalue weighted by molar-refractivity contribution is -0.0671. The highest BCUT2D eigenvalue weighted by Gasteiger charge is 2.39. The fourth-order valence-electron chi connectivity index (χ4n) is 3.27. The number of halogens is 1. The summed E-state index contributed by atoms with van der Waals surface area (Å²) >= 11 is 3.44. The first kappa shape index (κ1) is 15.9. The van der Waals surface area contributed by atoms with Crippen molar-refractivity contribution in [1.29, 1.82) is 0 Å². The molecule has 0 bridgehead atoms. The topological polar surface area (TPSA) is 34.2 Å². The maximum Gasteiger partial charge on any atom is 0.0834 e. The van der Waals surface area contributed by atoms with Gasteiger partial charge in [0.2, 0.25) is 0 Å². The van der Waals surface area contributed by atoms with E-state index in [0.717, 1.165) is 36.0 Å². The van der Waals surface area contributed by atoms with Crippen LogP contribution in [0.2, 0.25) is 0 Å². The molecule has 0 radical (unpaired) electrons. The molecule has 3 nitrogen and oxygen atoms in total. The number of likely N-dealkylation sites (N-methyl/N-ethyl adjacent to an activating group) is 1. The van der Waals surface area contributed by atoms with Gasteiger partial charge in [0.05, 0.1) is 5.60 Å². The van der Waals surface area contributed by atoms with Gasteiger partial charge in [-0.05, 0) is 47.4 Å². The Balaban J connectivity index is 2.14. The molecule has 1 fully saturated rings. The Bertz CT molecular complexity index is 401. The van der Waals surface area contributed by atoms with Crippen LogP contribution in [-0.2, 0) is 11.2 Å². The van der Waals surface area contributed by atoms with E-state index in [9.17, 15) is 0 Å². The molecule has 4 heteroatoms. The zero-order chi connectivity index (χ0) is 14.4. The summed E-state index contributed by atoms with van der Waals surface area (Å²) in [6, 6.07) is 4.50. The number of hydrogen-bond donors (Lipinski definition) is 1. The molecule has 1 atom stereocenters. The third-order valence-electron chi connectivity index (χ3n) is 4.39. The van der Waals surface area contributed by atoms with Crippen molar-refractivity contribution in [3.63, 3.8) is 0 Å². The van der Waals surface area contributed by atoms with Gasteiger partial charge in [0.25, 0.3) is 0 Å². The average molecular weight is 341 g/mol. The van der Waals surface area contributed by atoms with Gasteiger partial charge in [-0.3, -0.25) is 4.98 Å². The molecule has 1 aromatic heterocycles. The number of nitrogens with one attached hydrogen (secondary N) is 1. The number of methoxy groups -OCH3 is 1. The number of aromatic nitrogens is 1. The minimum atomic E-state index is -0.0248. The standard InChI is InChI=1S/C16H25BrN2O/c1-3-18-15(11-14-8-7-13(17)12-19-14)16(20-2)9-5-4-6-10-16/h7-8,12,15,18H,3-6,9-11H2,1-2H3. The highest BCUT2D eigenvalue weighted by atomic mass is 79.9. The summed E-state index contributed by atoms with van der Waals surface area (Å²) < 4.78 is 7.02. The molecule has 0 aromatic carbocycles. The van der Waals surface area contributed by atoms with E-state index >= 15 is 0 Å². The first-order chi connectivity index (χ1) is 9.70. The Morgan fingerprint density at radius 3 is 2.65 bits per heavy atom. The summed E-state index contributed by atoms with van der Waals surface area (Å²) in [6.45, 7) is 3.13. The molecule has 1 heterocycles. The van der Waals surface area contributed by atoms with Crippen LogP contribution in [0.3, 0.4) is 0 Å². The molecule has 1 aliphatic carbocycles. The quantitative estimate of drug-likeness (QED) is 0.856. The lowest BCUT2D eigenvalue weighted by Gasteiger charge is -2.43. The summed E-state index contributed by atoms with van der Waals surface area (Å²) in [4.78, 5) is 4.52. The smallest absolute Gasteiger partial charge is 0.0834 e. The van der Waals surface area contributed by atoms with Crippen LogP contribution in [0.25, 0.3) is 0 Å². The molecule has 0 spiro atoms. The summed E-state index contributed by atoms with van der Waals surface area (Å²) in [5.41, 5.74) is 1.10. The van der Waals surface area contributed by atoms with Gasteiger partial charge in [-0.1, -0.05) is 26.2 Å². The normalized spacial score (nSPS) is 19.8. The zero-order valence-electron chi connectivity index (χ0n) is 12.5. The molecule has 1 unspecified atom stereocenters. The largest absolute Gasteiger partial charge is 0.377 e. The van der Waals surface area contributed by atoms with Crippen LogP contribution >= 0.6 is 15.9 Å². The summed E-state index contributed by atoms with van der Waals surface area (Å²) in [7, 11) is 1.87. The molecule has 1 saturated carbocycles. The molecular formula is C16H25BrN2O. The minimum Gasteiger partial charge on any atom is -0.377 e. The number of hydrogen-bond acceptors (Lipinski definition) is 3. The van der Waals surface area contributed by atoms with Gasteiger partial charge in [-0.25, -0.2) is 0 Å². The number of pyridine rings is 1. The van der Waals surface area contributed by atoms with E-state index in [4.69, 9.17) is 4.74 Å². The van der Waals surface area contributed by atoms with Gasteiger partial charge in [-0.15, -0.1) is 0 Å². The molecule has 0 saturated heterocycles. The van der Waals surface area contributed by atoms with E-state index in [1.165, 1.54) is 19.3 Å². The second-order valence-electron chi connectivity index (χ2n) is 5.61. The van der Waals surface area contributed by atoms with Crippen molar-refractivity contribution in [3.05, 3.63) is 28.5 Å². The Morgan fingerprint density at radius 1 is 1.35 bits per heavy atom. The van der Waals surface area contributed by atoms with Crippen molar-refractivity contribution < 1.29 is 4.74 Å². The molecule has 1 aliphatic rings. The third-order valence-corrected chi connectivity index (χ3v) is 4.86. The fraction of sp³-hybridized carbons (Fsp3) is 0.688. The zero-order valence-corrected chi connectivity index (χ0v) is 14.1. The lowest BCUT2D eigenvalue weighted by atomic mass is 9.77. The Labute approximate surface area is 130 Å². The van der Waals surface area contributed by atoms with Gasteiger partial charge >= 0.3 is 0 Å². The highest BCUT2D eigenvalue weighted by molar-refractivity contribution is 9.10. The third kappa shape index (κ3) is 3.80. The maximum absolute atomic E-state index is 5.99. The van der Waals surface area contributed by atoms with Gasteiger partial charge in [0, 0.05) is 35.9 Å². The van der Waals surface area contributed by atoms with E-state index in [2.05, 4.69) is 45.3 Å². The Hall–Kier alpha value is -0.450. The molecule has 0 amide bonds. The number of nitrogens with zero attached hydrogens (tertiary/aromatic N) is 1. The highest BCUT2D eigenvalue weighted by Crippen LogP contribution is 2.35. The van der Waals surface area contributed by atoms with E-state index in [0.29, 0.717) is 6.04 Å². The van der Waals surface area contributed by atoms with E-state index in [1.807, 2.05) is 13.3 Å². The number of rotatable bonds is 6. The monoisotopic (exact) mass is 340 g/mol. The molecule has 112 valence electrons. The van der Waals surface area contributed by atoms with E-state index in [1.54, 1.807) is 0 Å². The molecule has 1 aromatic rings. The summed E-state index contributed by atoms with van der Waals surface area (Å²) in [5.74, 6) is 0. The average Bonchev–Trinajstić information content (AvgIpc) is 2.49. The van der Waals surface area contributed by atoms with Crippen LogP contribution in [0.15, 0.2) is 22.8 Å². The SMILES string of the molecule is CCNC(Cc1ccc(Br)cn1)C1(OC)CCCCC1. The number of ether oxygens (including phenoxy) is 1. The lowest BCUT2D eigenvalue weighted by Crippen LogP contribution is -2.54. The van der Waals surface area contributed by atoms with Crippen LogP contribution in [0.5, 0.6) is 0 Å². The molecular weight excluding hydrogens is 316 g/mol. The Kier molecular flexibility index (Phi) is 6.00. The predicted molar refractivity (Wildman–Crippen MR) is 85.9 cm³/mol. The maximum atomic E-state index is 5.99. The van der Waals surface area contributed by atoms with Gasteiger partial charge in [-0.2, -0.15) is 0 Å². The van der Waals surface area contributed by atoms with Crippen molar-refractivity contribution >= 4 is 15.9 Å². The van der Waals surface area contributed by atoms with E-state index < -0.39 is 0 Å². The van der Waals surface area contributed by atoms with Crippen LogP contribution < -0.4 is 5.32 Å². The molecule has 1 N–H and O–H groups in total. The van der Waals surface area contributed by atoms with Crippen LogP contribution in [-0.4, -0.2) is 30.3 Å². The van der Waals surface area contributed by atoms with E-state index in [-0.39, 0.29) is 5.60 Å². The van der Waals surface area contributed by atoms with Crippen molar-refractivity contribution in [2.75, 3.05) is 13.7 Å². The Morgan fingerprint density at radius 2 is 2.10 bits per heavy atom. The molecule has 2 rings (SSSR count). The van der Waals surface area contributed by atoms with Crippen molar-refractivity contribution in [2.45, 2.75) is 57.1 Å².